The van der Waals surface area contributed by atoms with Crippen LogP contribution in [0.4, 0.5) is 0 Å². The second-order valence-electron chi connectivity index (χ2n) is 5.34. The summed E-state index contributed by atoms with van der Waals surface area (Å²) < 4.78 is 5.04. The molecular formula is C15H19N3O4S. The van der Waals surface area contributed by atoms with E-state index in [0.717, 1.165) is 17.8 Å². The van der Waals surface area contributed by atoms with Crippen molar-refractivity contribution >= 4 is 33.4 Å². The number of aryl methyl sites for hydroxylation is 2. The molecular weight excluding hydrogens is 318 g/mol. The zero-order chi connectivity index (χ0) is 17.1. The zero-order valence-electron chi connectivity index (χ0n) is 13.5. The standard InChI is InChI=1S/C15H19N3O4S/c1-5-7(2)16-10(19)6-22-15(21)12-8(3)11-13(20)17-9(4)18-14(11)23-12/h7H,5-6H2,1-4H3,(H,16,19)(H,17,18,20)/t7-/m0/s1. The molecule has 124 valence electrons. The van der Waals surface area contributed by atoms with Crippen LogP contribution >= 0.6 is 11.3 Å². The van der Waals surface area contributed by atoms with Crippen LogP contribution in [0.5, 0.6) is 0 Å². The van der Waals surface area contributed by atoms with Gasteiger partial charge in [-0.3, -0.25) is 9.59 Å². The maximum absolute atomic E-state index is 12.2. The number of ether oxygens (including phenoxy) is 1. The van der Waals surface area contributed by atoms with E-state index in [9.17, 15) is 14.4 Å². The summed E-state index contributed by atoms with van der Waals surface area (Å²) in [5, 5.41) is 3.10. The van der Waals surface area contributed by atoms with E-state index in [1.165, 1.54) is 0 Å². The molecule has 8 heteroatoms. The molecule has 7 nitrogen and oxygen atoms in total. The lowest BCUT2D eigenvalue weighted by Gasteiger charge is -2.11. The van der Waals surface area contributed by atoms with Crippen molar-refractivity contribution in [1.29, 1.82) is 0 Å². The number of H-pyrrole nitrogens is 1. The fourth-order valence-electron chi connectivity index (χ4n) is 2.06. The van der Waals surface area contributed by atoms with Gasteiger partial charge in [-0.05, 0) is 32.8 Å². The molecule has 0 spiro atoms. The summed E-state index contributed by atoms with van der Waals surface area (Å²) in [6.07, 6.45) is 0.795. The number of fused-ring (bicyclic) bond motifs is 1. The van der Waals surface area contributed by atoms with Crippen molar-refractivity contribution in [2.45, 2.75) is 40.2 Å². The molecule has 0 saturated carbocycles. The Morgan fingerprint density at radius 3 is 2.74 bits per heavy atom. The summed E-state index contributed by atoms with van der Waals surface area (Å²) in [4.78, 5) is 43.4. The average Bonchev–Trinajstić information content (AvgIpc) is 2.81. The van der Waals surface area contributed by atoms with E-state index < -0.39 is 5.97 Å². The van der Waals surface area contributed by atoms with Crippen LogP contribution in [-0.2, 0) is 9.53 Å². The first-order chi connectivity index (χ1) is 10.8. The molecule has 0 aliphatic carbocycles. The van der Waals surface area contributed by atoms with Crippen LogP contribution in [0.1, 0.15) is 41.3 Å². The summed E-state index contributed by atoms with van der Waals surface area (Å²) in [7, 11) is 0. The second kappa shape index (κ2) is 6.91. The van der Waals surface area contributed by atoms with Gasteiger partial charge in [0.2, 0.25) is 0 Å². The number of carbonyl (C=O) groups is 2. The number of rotatable bonds is 5. The molecule has 0 fully saturated rings. The fourth-order valence-corrected chi connectivity index (χ4v) is 3.18. The van der Waals surface area contributed by atoms with Crippen LogP contribution in [0.2, 0.25) is 0 Å². The van der Waals surface area contributed by atoms with Crippen LogP contribution < -0.4 is 10.9 Å². The van der Waals surface area contributed by atoms with Crippen molar-refractivity contribution in [1.82, 2.24) is 15.3 Å². The highest BCUT2D eigenvalue weighted by Gasteiger charge is 2.21. The van der Waals surface area contributed by atoms with Crippen molar-refractivity contribution in [3.8, 4) is 0 Å². The van der Waals surface area contributed by atoms with Gasteiger partial charge in [0.1, 0.15) is 15.5 Å². The molecule has 2 rings (SSSR count). The molecule has 0 aliphatic rings. The number of aromatic amines is 1. The molecule has 0 bridgehead atoms. The van der Waals surface area contributed by atoms with Gasteiger partial charge >= 0.3 is 5.97 Å². The van der Waals surface area contributed by atoms with Gasteiger partial charge in [-0.25, -0.2) is 9.78 Å². The van der Waals surface area contributed by atoms with Gasteiger partial charge in [0.15, 0.2) is 6.61 Å². The Morgan fingerprint density at radius 1 is 1.39 bits per heavy atom. The molecule has 0 aliphatic heterocycles. The SMILES string of the molecule is CC[C@H](C)NC(=O)COC(=O)c1sc2nc(C)[nH]c(=O)c2c1C. The number of hydrogen-bond donors (Lipinski definition) is 2. The van der Waals surface area contributed by atoms with Gasteiger partial charge in [0, 0.05) is 6.04 Å². The maximum Gasteiger partial charge on any atom is 0.349 e. The van der Waals surface area contributed by atoms with E-state index >= 15 is 0 Å². The molecule has 0 radical (unpaired) electrons. The second-order valence-corrected chi connectivity index (χ2v) is 6.34. The predicted octanol–water partition coefficient (Wildman–Crippen LogP) is 1.67. The lowest BCUT2D eigenvalue weighted by Crippen LogP contribution is -2.35. The number of esters is 1. The summed E-state index contributed by atoms with van der Waals surface area (Å²) in [5.74, 6) is -0.489. The van der Waals surface area contributed by atoms with Gasteiger partial charge < -0.3 is 15.0 Å². The van der Waals surface area contributed by atoms with Gasteiger partial charge in [-0.1, -0.05) is 6.92 Å². The smallest absolute Gasteiger partial charge is 0.349 e. The van der Waals surface area contributed by atoms with Crippen LogP contribution in [0.25, 0.3) is 10.2 Å². The van der Waals surface area contributed by atoms with Crippen molar-refractivity contribution in [3.05, 3.63) is 26.6 Å². The Kier molecular flexibility index (Phi) is 5.15. The third-order valence-corrected chi connectivity index (χ3v) is 4.62. The average molecular weight is 337 g/mol. The number of carbonyl (C=O) groups excluding carboxylic acids is 2. The Balaban J connectivity index is 2.16. The monoisotopic (exact) mass is 337 g/mol. The fraction of sp³-hybridized carbons (Fsp3) is 0.467. The summed E-state index contributed by atoms with van der Waals surface area (Å²) >= 11 is 1.09. The normalized spacial score (nSPS) is 12.2. The lowest BCUT2D eigenvalue weighted by molar-refractivity contribution is -0.124. The number of aromatic nitrogens is 2. The first-order valence-corrected chi connectivity index (χ1v) is 8.11. The quantitative estimate of drug-likeness (QED) is 0.808. The molecule has 2 heterocycles. The molecule has 23 heavy (non-hydrogen) atoms. The lowest BCUT2D eigenvalue weighted by atomic mass is 10.2. The first kappa shape index (κ1) is 17.1. The highest BCUT2D eigenvalue weighted by atomic mass is 32.1. The molecule has 0 aromatic carbocycles. The number of amides is 1. The molecule has 2 aromatic heterocycles. The molecule has 2 aromatic rings. The van der Waals surface area contributed by atoms with E-state index in [2.05, 4.69) is 15.3 Å². The Bertz CT molecular complexity index is 809. The third kappa shape index (κ3) is 3.76. The topological polar surface area (TPSA) is 101 Å². The third-order valence-electron chi connectivity index (χ3n) is 3.46. The summed E-state index contributed by atoms with van der Waals surface area (Å²) in [6, 6.07) is 0.0259. The Hall–Kier alpha value is -2.22. The Morgan fingerprint density at radius 2 is 2.09 bits per heavy atom. The minimum Gasteiger partial charge on any atom is -0.451 e. The molecule has 2 N–H and O–H groups in total. The van der Waals surface area contributed by atoms with Gasteiger partial charge in [0.05, 0.1) is 5.39 Å². The van der Waals surface area contributed by atoms with Crippen LogP contribution in [-0.4, -0.2) is 34.5 Å². The maximum atomic E-state index is 12.2. The van der Waals surface area contributed by atoms with Crippen molar-refractivity contribution in [2.24, 2.45) is 0 Å². The largest absolute Gasteiger partial charge is 0.451 e. The summed E-state index contributed by atoms with van der Waals surface area (Å²) in [5.41, 5.74) is 0.237. The molecule has 1 atom stereocenters. The van der Waals surface area contributed by atoms with E-state index in [4.69, 9.17) is 4.74 Å². The summed E-state index contributed by atoms with van der Waals surface area (Å²) in [6.45, 7) is 6.81. The minimum absolute atomic E-state index is 0.0259. The number of nitrogens with one attached hydrogen (secondary N) is 2. The number of hydrogen-bond acceptors (Lipinski definition) is 6. The van der Waals surface area contributed by atoms with Crippen molar-refractivity contribution in [2.75, 3.05) is 6.61 Å². The van der Waals surface area contributed by atoms with Crippen LogP contribution in [0, 0.1) is 13.8 Å². The number of nitrogens with zero attached hydrogens (tertiary/aromatic N) is 1. The van der Waals surface area contributed by atoms with Gasteiger partial charge in [0.25, 0.3) is 11.5 Å². The molecule has 0 saturated heterocycles. The molecule has 0 unspecified atom stereocenters. The van der Waals surface area contributed by atoms with E-state index in [1.807, 2.05) is 13.8 Å². The van der Waals surface area contributed by atoms with Gasteiger partial charge in [-0.2, -0.15) is 0 Å². The zero-order valence-corrected chi connectivity index (χ0v) is 14.3. The van der Waals surface area contributed by atoms with Crippen molar-refractivity contribution in [3.63, 3.8) is 0 Å². The van der Waals surface area contributed by atoms with Gasteiger partial charge in [-0.15, -0.1) is 11.3 Å². The first-order valence-electron chi connectivity index (χ1n) is 7.30. The van der Waals surface area contributed by atoms with E-state index in [0.29, 0.717) is 26.5 Å². The van der Waals surface area contributed by atoms with Crippen LogP contribution in [0.3, 0.4) is 0 Å². The minimum atomic E-state index is -0.623. The highest BCUT2D eigenvalue weighted by Crippen LogP contribution is 2.27. The van der Waals surface area contributed by atoms with E-state index in [-0.39, 0.29) is 24.1 Å². The Labute approximate surface area is 137 Å². The number of thiophene rings is 1. The van der Waals surface area contributed by atoms with Crippen molar-refractivity contribution < 1.29 is 14.3 Å². The molecule has 1 amide bonds. The highest BCUT2D eigenvalue weighted by molar-refractivity contribution is 7.20. The van der Waals surface area contributed by atoms with Crippen LogP contribution in [0.15, 0.2) is 4.79 Å². The van der Waals surface area contributed by atoms with E-state index in [1.54, 1.807) is 13.8 Å². The predicted molar refractivity (Wildman–Crippen MR) is 87.9 cm³/mol.